The first kappa shape index (κ1) is 9.18. The second-order valence-corrected chi connectivity index (χ2v) is 4.36. The molecule has 0 atom stereocenters. The van der Waals surface area contributed by atoms with Crippen molar-refractivity contribution in [3.05, 3.63) is 17.9 Å². The fourth-order valence-electron chi connectivity index (χ4n) is 0.879. The van der Waals surface area contributed by atoms with Crippen molar-refractivity contribution in [3.63, 3.8) is 0 Å². The van der Waals surface area contributed by atoms with Crippen LogP contribution in [0.2, 0.25) is 0 Å². The second-order valence-electron chi connectivity index (χ2n) is 2.59. The van der Waals surface area contributed by atoms with Crippen molar-refractivity contribution < 1.29 is 8.42 Å². The van der Waals surface area contributed by atoms with Gasteiger partial charge < -0.3 is 0 Å². The Morgan fingerprint density at radius 1 is 1.58 bits per heavy atom. The molecule has 12 heavy (non-hydrogen) atoms. The van der Waals surface area contributed by atoms with E-state index in [0.717, 1.165) is 0 Å². The van der Waals surface area contributed by atoms with Gasteiger partial charge in [0.2, 0.25) is 0 Å². The predicted molar refractivity (Wildman–Crippen MR) is 43.7 cm³/mol. The molecule has 1 aromatic heterocycles. The zero-order valence-corrected chi connectivity index (χ0v) is 7.80. The van der Waals surface area contributed by atoms with Crippen LogP contribution in [0, 0.1) is 13.2 Å². The monoisotopic (exact) mass is 188 g/mol. The molecule has 0 aliphatic heterocycles. The highest BCUT2D eigenvalue weighted by Gasteiger charge is 2.10. The van der Waals surface area contributed by atoms with E-state index in [1.807, 2.05) is 0 Å². The van der Waals surface area contributed by atoms with Gasteiger partial charge in [-0.1, -0.05) is 0 Å². The van der Waals surface area contributed by atoms with Gasteiger partial charge in [0, 0.05) is 7.05 Å². The first-order chi connectivity index (χ1) is 5.38. The summed E-state index contributed by atoms with van der Waals surface area (Å²) in [5.74, 6) is 0.823. The maximum Gasteiger partial charge on any atom is 0.158 e. The first-order valence-corrected chi connectivity index (χ1v) is 5.13. The van der Waals surface area contributed by atoms with Crippen LogP contribution < -0.4 is 0 Å². The summed E-state index contributed by atoms with van der Waals surface area (Å²) in [6.45, 7) is 1.71. The third-order valence-corrected chi connectivity index (χ3v) is 2.01. The average molecular weight is 188 g/mol. The van der Waals surface area contributed by atoms with Crippen LogP contribution in [0.25, 0.3) is 0 Å². The van der Waals surface area contributed by atoms with Gasteiger partial charge in [0.25, 0.3) is 0 Å². The molecule has 0 saturated heterocycles. The minimum Gasteiger partial charge on any atom is -0.252 e. The Morgan fingerprint density at radius 3 is 2.50 bits per heavy atom. The van der Waals surface area contributed by atoms with Gasteiger partial charge in [-0.15, -0.1) is 0 Å². The van der Waals surface area contributed by atoms with Gasteiger partial charge in [0.15, 0.2) is 9.84 Å². The molecule has 0 unspecified atom stereocenters. The van der Waals surface area contributed by atoms with Crippen LogP contribution in [-0.4, -0.2) is 23.2 Å². The van der Waals surface area contributed by atoms with Crippen molar-refractivity contribution >= 4 is 9.84 Å². The van der Waals surface area contributed by atoms with E-state index in [1.165, 1.54) is 4.68 Å². The topological polar surface area (TPSA) is 64.8 Å². The molecule has 0 saturated carbocycles. The largest absolute Gasteiger partial charge is 0.252 e. The van der Waals surface area contributed by atoms with E-state index in [1.54, 1.807) is 14.0 Å². The summed E-state index contributed by atoms with van der Waals surface area (Å²) in [4.78, 5) is 3.93. The zero-order valence-electron chi connectivity index (χ0n) is 6.98. The van der Waals surface area contributed by atoms with Crippen LogP contribution in [0.5, 0.6) is 0 Å². The molecule has 67 valence electrons. The molecule has 0 N–H and O–H groups in total. The molecule has 5 nitrogen and oxygen atoms in total. The minimum absolute atomic E-state index is 0.162. The Morgan fingerprint density at radius 2 is 2.17 bits per heavy atom. The standard InChI is InChI=1S/C6H10N3O2S/c1-5-7-6(9(2)8-5)4-12(3,10)11/h3-4H2,1-2H3. The van der Waals surface area contributed by atoms with Crippen LogP contribution in [0.4, 0.5) is 0 Å². The van der Waals surface area contributed by atoms with Crippen LogP contribution in [0.1, 0.15) is 11.6 Å². The molecule has 1 aromatic rings. The Kier molecular flexibility index (Phi) is 2.18. The van der Waals surface area contributed by atoms with Crippen molar-refractivity contribution in [2.45, 2.75) is 12.7 Å². The first-order valence-electron chi connectivity index (χ1n) is 3.31. The van der Waals surface area contributed by atoms with Gasteiger partial charge in [-0.2, -0.15) is 5.10 Å². The van der Waals surface area contributed by atoms with E-state index >= 15 is 0 Å². The molecule has 1 rings (SSSR count). The number of nitrogens with zero attached hydrogens (tertiary/aromatic N) is 3. The van der Waals surface area contributed by atoms with E-state index in [2.05, 4.69) is 16.3 Å². The Hall–Kier alpha value is -0.910. The zero-order chi connectivity index (χ0) is 9.35. The van der Waals surface area contributed by atoms with E-state index < -0.39 is 9.84 Å². The number of aromatic nitrogens is 3. The normalized spacial score (nSPS) is 11.9. The molecule has 0 aliphatic carbocycles. The highest BCUT2D eigenvalue weighted by molar-refractivity contribution is 7.91. The summed E-state index contributed by atoms with van der Waals surface area (Å²) in [7, 11) is -1.61. The molecule has 0 aliphatic rings. The minimum atomic E-state index is -3.26. The molecule has 0 fully saturated rings. The smallest absolute Gasteiger partial charge is 0.158 e. The molecule has 1 radical (unpaired) electrons. The summed E-state index contributed by atoms with van der Waals surface area (Å²) >= 11 is 0. The van der Waals surface area contributed by atoms with E-state index in [0.29, 0.717) is 11.6 Å². The van der Waals surface area contributed by atoms with Gasteiger partial charge in [-0.05, 0) is 6.92 Å². The third-order valence-electron chi connectivity index (χ3n) is 1.31. The quantitative estimate of drug-likeness (QED) is 0.646. The van der Waals surface area contributed by atoms with Crippen LogP contribution in [-0.2, 0) is 22.6 Å². The van der Waals surface area contributed by atoms with Gasteiger partial charge in [-0.3, -0.25) is 4.68 Å². The summed E-state index contributed by atoms with van der Waals surface area (Å²) in [6.07, 6.45) is 3.01. The molecule has 1 heterocycles. The van der Waals surface area contributed by atoms with Crippen LogP contribution in [0.15, 0.2) is 0 Å². The number of hydrogen-bond acceptors (Lipinski definition) is 4. The summed E-state index contributed by atoms with van der Waals surface area (Å²) in [6, 6.07) is 0. The summed E-state index contributed by atoms with van der Waals surface area (Å²) in [5.41, 5.74) is 0. The lowest BCUT2D eigenvalue weighted by atomic mass is 10.7. The maximum atomic E-state index is 10.8. The lowest BCUT2D eigenvalue weighted by molar-refractivity contribution is 0.599. The van der Waals surface area contributed by atoms with Gasteiger partial charge >= 0.3 is 0 Å². The van der Waals surface area contributed by atoms with Gasteiger partial charge in [0.1, 0.15) is 17.4 Å². The third kappa shape index (κ3) is 2.30. The van der Waals surface area contributed by atoms with Crippen LogP contribution >= 0.6 is 0 Å². The van der Waals surface area contributed by atoms with Crippen LogP contribution in [0.3, 0.4) is 0 Å². The van der Waals surface area contributed by atoms with Crippen molar-refractivity contribution in [1.29, 1.82) is 0 Å². The predicted octanol–water partition coefficient (Wildman–Crippen LogP) is -0.170. The Balaban J connectivity index is 2.97. The van der Waals surface area contributed by atoms with E-state index in [4.69, 9.17) is 0 Å². The number of aryl methyl sites for hydroxylation is 2. The number of hydrogen-bond donors (Lipinski definition) is 0. The molecule has 0 amide bonds. The molecule has 0 spiro atoms. The molecule has 0 aromatic carbocycles. The lowest BCUT2D eigenvalue weighted by Gasteiger charge is -1.95. The average Bonchev–Trinajstić information content (AvgIpc) is 2.06. The lowest BCUT2D eigenvalue weighted by Crippen LogP contribution is -2.05. The van der Waals surface area contributed by atoms with E-state index in [-0.39, 0.29) is 5.75 Å². The highest BCUT2D eigenvalue weighted by Crippen LogP contribution is 2.01. The van der Waals surface area contributed by atoms with Gasteiger partial charge in [-0.25, -0.2) is 13.4 Å². The maximum absolute atomic E-state index is 10.8. The second kappa shape index (κ2) is 2.85. The molecule has 6 heteroatoms. The number of rotatable bonds is 2. The fraction of sp³-hybridized carbons (Fsp3) is 0.500. The van der Waals surface area contributed by atoms with Crippen molar-refractivity contribution in [2.24, 2.45) is 7.05 Å². The summed E-state index contributed by atoms with van der Waals surface area (Å²) < 4.78 is 23.0. The molecular formula is C6H10N3O2S. The Bertz CT molecular complexity index is 379. The van der Waals surface area contributed by atoms with Crippen molar-refractivity contribution in [3.8, 4) is 0 Å². The number of sulfone groups is 1. The van der Waals surface area contributed by atoms with Crippen molar-refractivity contribution in [2.75, 3.05) is 0 Å². The Labute approximate surface area is 71.3 Å². The summed E-state index contributed by atoms with van der Waals surface area (Å²) in [5, 5.41) is 3.91. The van der Waals surface area contributed by atoms with Crippen molar-refractivity contribution in [1.82, 2.24) is 14.8 Å². The van der Waals surface area contributed by atoms with Gasteiger partial charge in [0.05, 0.1) is 6.26 Å². The fourth-order valence-corrected chi connectivity index (χ4v) is 1.52. The SMILES string of the molecule is [CH2]S(=O)(=O)Cc1nc(C)nn1C. The highest BCUT2D eigenvalue weighted by atomic mass is 32.2. The van der Waals surface area contributed by atoms with E-state index in [9.17, 15) is 8.42 Å². The molecule has 0 bridgehead atoms. The molecular weight excluding hydrogens is 178 g/mol.